The van der Waals surface area contributed by atoms with E-state index in [4.69, 9.17) is 9.40 Å². The Hall–Kier alpha value is -4.63. The maximum atomic E-state index is 6.32. The molecule has 0 atom stereocenters. The summed E-state index contributed by atoms with van der Waals surface area (Å²) in [5.41, 5.74) is 8.30. The molecule has 6 rings (SSSR count). The van der Waals surface area contributed by atoms with E-state index in [0.29, 0.717) is 6.01 Å². The normalized spacial score (nSPS) is 11.5. The van der Waals surface area contributed by atoms with Gasteiger partial charge in [0.2, 0.25) is 0 Å². The Labute approximate surface area is 211 Å². The largest absolute Gasteiger partial charge is 0.423 e. The lowest BCUT2D eigenvalue weighted by atomic mass is 9.98. The molecule has 0 amide bonds. The third-order valence-electron chi connectivity index (χ3n) is 6.62. The van der Waals surface area contributed by atoms with Gasteiger partial charge in [0.25, 0.3) is 0 Å². The molecule has 3 heteroatoms. The molecule has 3 nitrogen and oxygen atoms in total. The molecule has 0 bridgehead atoms. The van der Waals surface area contributed by atoms with Crippen LogP contribution in [-0.2, 0) is 0 Å². The van der Waals surface area contributed by atoms with Crippen LogP contribution in [0.15, 0.2) is 120 Å². The third-order valence-corrected chi connectivity index (χ3v) is 6.62. The smallest absolute Gasteiger partial charge is 0.307 e. The number of fused-ring (bicyclic) bond motifs is 2. The van der Waals surface area contributed by atoms with Crippen LogP contribution in [0.25, 0.3) is 39.1 Å². The first-order valence-electron chi connectivity index (χ1n) is 12.2. The monoisotopic (exact) mass is 466 g/mol. The summed E-state index contributed by atoms with van der Waals surface area (Å²) in [7, 11) is 0. The highest BCUT2D eigenvalue weighted by Crippen LogP contribution is 2.38. The molecule has 0 radical (unpaired) electrons. The molecule has 0 unspecified atom stereocenters. The lowest BCUT2D eigenvalue weighted by molar-refractivity contribution is 0.608. The molecule has 1 aromatic heterocycles. The van der Waals surface area contributed by atoms with E-state index in [1.54, 1.807) is 0 Å². The molecule has 0 aliphatic rings. The SMILES string of the molecule is C/C=C\c1ccc2oc(N(c3ccccc3)c3ccc(-c4cccc5ccccc45)cc3)nc2c1C. The number of allylic oxidation sites excluding steroid dienone is 1. The maximum absolute atomic E-state index is 6.32. The number of aromatic nitrogens is 1. The van der Waals surface area contributed by atoms with Gasteiger partial charge in [0, 0.05) is 0 Å². The second-order valence-electron chi connectivity index (χ2n) is 8.87. The highest BCUT2D eigenvalue weighted by molar-refractivity contribution is 5.97. The van der Waals surface area contributed by atoms with Crippen molar-refractivity contribution in [1.29, 1.82) is 0 Å². The Morgan fingerprint density at radius 3 is 2.25 bits per heavy atom. The highest BCUT2D eigenvalue weighted by atomic mass is 16.4. The van der Waals surface area contributed by atoms with Gasteiger partial charge in [-0.25, -0.2) is 0 Å². The molecular formula is C33H26N2O. The summed E-state index contributed by atoms with van der Waals surface area (Å²) in [4.78, 5) is 7.03. The van der Waals surface area contributed by atoms with E-state index in [9.17, 15) is 0 Å². The summed E-state index contributed by atoms with van der Waals surface area (Å²) in [6.07, 6.45) is 4.15. The van der Waals surface area contributed by atoms with Crippen LogP contribution in [0.2, 0.25) is 0 Å². The van der Waals surface area contributed by atoms with Crippen LogP contribution in [0.5, 0.6) is 0 Å². The predicted molar refractivity (Wildman–Crippen MR) is 151 cm³/mol. The van der Waals surface area contributed by atoms with Crippen molar-refractivity contribution in [1.82, 2.24) is 4.98 Å². The first-order valence-corrected chi connectivity index (χ1v) is 12.2. The van der Waals surface area contributed by atoms with Crippen molar-refractivity contribution in [2.45, 2.75) is 13.8 Å². The fourth-order valence-corrected chi connectivity index (χ4v) is 4.80. The van der Waals surface area contributed by atoms with Crippen LogP contribution in [-0.4, -0.2) is 4.98 Å². The number of hydrogen-bond acceptors (Lipinski definition) is 3. The second kappa shape index (κ2) is 9.20. The van der Waals surface area contributed by atoms with Gasteiger partial charge < -0.3 is 4.42 Å². The minimum Gasteiger partial charge on any atom is -0.423 e. The summed E-state index contributed by atoms with van der Waals surface area (Å²) in [6, 6.07) is 38.4. The van der Waals surface area contributed by atoms with Crippen LogP contribution < -0.4 is 4.90 Å². The van der Waals surface area contributed by atoms with E-state index >= 15 is 0 Å². The fourth-order valence-electron chi connectivity index (χ4n) is 4.80. The molecule has 0 N–H and O–H groups in total. The molecule has 0 aliphatic heterocycles. The summed E-state index contributed by atoms with van der Waals surface area (Å²) in [6.45, 7) is 4.12. The van der Waals surface area contributed by atoms with Gasteiger partial charge in [-0.15, -0.1) is 0 Å². The van der Waals surface area contributed by atoms with Crippen LogP contribution in [0, 0.1) is 6.92 Å². The van der Waals surface area contributed by atoms with Crippen LogP contribution in [0.3, 0.4) is 0 Å². The number of hydrogen-bond donors (Lipinski definition) is 0. The van der Waals surface area contributed by atoms with E-state index in [-0.39, 0.29) is 0 Å². The number of oxazole rings is 1. The molecule has 0 fully saturated rings. The summed E-state index contributed by atoms with van der Waals surface area (Å²) in [5, 5.41) is 2.49. The summed E-state index contributed by atoms with van der Waals surface area (Å²) >= 11 is 0. The number of rotatable bonds is 5. The van der Waals surface area contributed by atoms with Crippen molar-refractivity contribution < 1.29 is 4.42 Å². The van der Waals surface area contributed by atoms with Crippen LogP contribution in [0.1, 0.15) is 18.1 Å². The van der Waals surface area contributed by atoms with E-state index in [1.807, 2.05) is 37.3 Å². The zero-order valence-corrected chi connectivity index (χ0v) is 20.3. The van der Waals surface area contributed by atoms with Crippen molar-refractivity contribution >= 4 is 45.3 Å². The topological polar surface area (TPSA) is 29.3 Å². The zero-order valence-electron chi connectivity index (χ0n) is 20.3. The van der Waals surface area contributed by atoms with Crippen molar-refractivity contribution in [3.63, 3.8) is 0 Å². The lowest BCUT2D eigenvalue weighted by Gasteiger charge is -2.21. The Bertz CT molecular complexity index is 1690. The molecule has 36 heavy (non-hydrogen) atoms. The second-order valence-corrected chi connectivity index (χ2v) is 8.87. The minimum atomic E-state index is 0.551. The predicted octanol–water partition coefficient (Wildman–Crippen LogP) is 9.46. The van der Waals surface area contributed by atoms with Crippen molar-refractivity contribution in [3.8, 4) is 11.1 Å². The number of aryl methyl sites for hydroxylation is 1. The molecule has 1 heterocycles. The Morgan fingerprint density at radius 2 is 1.44 bits per heavy atom. The van der Waals surface area contributed by atoms with E-state index < -0.39 is 0 Å². The quantitative estimate of drug-likeness (QED) is 0.253. The Kier molecular flexibility index (Phi) is 5.59. The van der Waals surface area contributed by atoms with Crippen LogP contribution >= 0.6 is 0 Å². The minimum absolute atomic E-state index is 0.551. The third kappa shape index (κ3) is 3.85. The number of anilines is 3. The van der Waals surface area contributed by atoms with Crippen molar-refractivity contribution in [3.05, 3.63) is 126 Å². The first kappa shape index (κ1) is 21.9. The lowest BCUT2D eigenvalue weighted by Crippen LogP contribution is -2.10. The highest BCUT2D eigenvalue weighted by Gasteiger charge is 2.20. The average Bonchev–Trinajstić information content (AvgIpc) is 3.36. The molecule has 174 valence electrons. The first-order chi connectivity index (χ1) is 17.7. The van der Waals surface area contributed by atoms with Crippen molar-refractivity contribution in [2.75, 3.05) is 4.90 Å². The zero-order chi connectivity index (χ0) is 24.5. The standard InChI is InChI=1S/C33H26N2O/c1-3-10-24-19-22-31-32(23(24)2)34-33(36-31)35(27-13-5-4-6-14-27)28-20-17-26(18-21-28)30-16-9-12-25-11-7-8-15-29(25)30/h3-22H,1-2H3/b10-3-. The van der Waals surface area contributed by atoms with E-state index in [0.717, 1.165) is 33.6 Å². The molecule has 0 saturated heterocycles. The van der Waals surface area contributed by atoms with Gasteiger partial charge in [-0.1, -0.05) is 91.0 Å². The molecule has 0 saturated carbocycles. The van der Waals surface area contributed by atoms with Gasteiger partial charge in [0.1, 0.15) is 5.52 Å². The maximum Gasteiger partial charge on any atom is 0.307 e. The van der Waals surface area contributed by atoms with Gasteiger partial charge in [0.05, 0.1) is 11.4 Å². The van der Waals surface area contributed by atoms with E-state index in [2.05, 4.69) is 103 Å². The van der Waals surface area contributed by atoms with Gasteiger partial charge in [-0.05, 0) is 77.2 Å². The summed E-state index contributed by atoms with van der Waals surface area (Å²) in [5.74, 6) is 0. The molecule has 0 spiro atoms. The van der Waals surface area contributed by atoms with Gasteiger partial charge in [0.15, 0.2) is 5.58 Å². The average molecular weight is 467 g/mol. The van der Waals surface area contributed by atoms with Gasteiger partial charge in [-0.3, -0.25) is 4.90 Å². The van der Waals surface area contributed by atoms with Crippen molar-refractivity contribution in [2.24, 2.45) is 0 Å². The van der Waals surface area contributed by atoms with Gasteiger partial charge in [-0.2, -0.15) is 4.98 Å². The summed E-state index contributed by atoms with van der Waals surface area (Å²) < 4.78 is 6.32. The van der Waals surface area contributed by atoms with Gasteiger partial charge >= 0.3 is 6.01 Å². The molecular weight excluding hydrogens is 440 g/mol. The van der Waals surface area contributed by atoms with E-state index in [1.165, 1.54) is 21.9 Å². The number of nitrogens with zero attached hydrogens (tertiary/aromatic N) is 2. The molecule has 5 aromatic carbocycles. The Morgan fingerprint density at radius 1 is 0.722 bits per heavy atom. The number of benzene rings is 5. The molecule has 6 aromatic rings. The van der Waals surface area contributed by atoms with Crippen LogP contribution in [0.4, 0.5) is 17.4 Å². The fraction of sp³-hybridized carbons (Fsp3) is 0.0606. The molecule has 0 aliphatic carbocycles. The number of para-hydroxylation sites is 1. The Balaban J connectivity index is 1.46.